The zero-order valence-electron chi connectivity index (χ0n) is 22.9. The molecule has 1 N–H and O–H groups in total. The molecule has 1 spiro atoms. The van der Waals surface area contributed by atoms with E-state index in [1.165, 1.54) is 0 Å². The van der Waals surface area contributed by atoms with Gasteiger partial charge in [0, 0.05) is 36.1 Å². The Labute approximate surface area is 242 Å². The number of hydrogen-bond acceptors (Lipinski definition) is 8. The fraction of sp³-hybridized carbons (Fsp3) is 0.281. The van der Waals surface area contributed by atoms with Gasteiger partial charge in [0.1, 0.15) is 11.5 Å². The second-order valence-corrected chi connectivity index (χ2v) is 11.2. The van der Waals surface area contributed by atoms with Crippen molar-refractivity contribution in [2.45, 2.75) is 38.0 Å². The summed E-state index contributed by atoms with van der Waals surface area (Å²) in [5.41, 5.74) is 3.06. The van der Waals surface area contributed by atoms with Crippen LogP contribution in [0.2, 0.25) is 0 Å². The average Bonchev–Trinajstić information content (AvgIpc) is 3.59. The average molecular weight is 570 g/mol. The molecule has 0 fully saturated rings. The molecule has 9 heteroatoms. The van der Waals surface area contributed by atoms with Crippen LogP contribution in [0, 0.1) is 6.92 Å². The number of fused-ring (bicyclic) bond motifs is 1. The fourth-order valence-electron chi connectivity index (χ4n) is 5.43. The lowest BCUT2D eigenvalue weighted by atomic mass is 9.78. The van der Waals surface area contributed by atoms with Gasteiger partial charge in [0.2, 0.25) is 5.90 Å². The summed E-state index contributed by atoms with van der Waals surface area (Å²) in [5, 5.41) is 12.0. The molecule has 0 unspecified atom stereocenters. The maximum Gasteiger partial charge on any atom is 0.260 e. The number of thiazole rings is 1. The van der Waals surface area contributed by atoms with E-state index in [1.807, 2.05) is 79.0 Å². The predicted molar refractivity (Wildman–Crippen MR) is 158 cm³/mol. The van der Waals surface area contributed by atoms with Gasteiger partial charge < -0.3 is 24.2 Å². The number of aliphatic hydroxyl groups is 1. The van der Waals surface area contributed by atoms with Crippen LogP contribution in [0.3, 0.4) is 0 Å². The molecule has 0 aliphatic carbocycles. The molecule has 210 valence electrons. The maximum absolute atomic E-state index is 14.7. The number of carbonyl (C=O) groups excluding carboxylic acids is 1. The first-order valence-electron chi connectivity index (χ1n) is 13.6. The first-order valence-corrected chi connectivity index (χ1v) is 14.4. The molecule has 8 nitrogen and oxygen atoms in total. The minimum atomic E-state index is -1.22. The number of ether oxygens (including phenoxy) is 3. The van der Waals surface area contributed by atoms with Gasteiger partial charge in [-0.25, -0.2) is 9.98 Å². The number of nitrogens with zero attached hydrogens (tertiary/aromatic N) is 3. The van der Waals surface area contributed by atoms with Crippen LogP contribution in [-0.4, -0.2) is 47.8 Å². The van der Waals surface area contributed by atoms with E-state index in [2.05, 4.69) is 11.1 Å². The third-order valence-electron chi connectivity index (χ3n) is 7.38. The first kappa shape index (κ1) is 27.0. The van der Waals surface area contributed by atoms with E-state index in [0.29, 0.717) is 43.4 Å². The van der Waals surface area contributed by atoms with Gasteiger partial charge in [0.15, 0.2) is 11.6 Å². The van der Waals surface area contributed by atoms with Crippen molar-refractivity contribution in [1.82, 2.24) is 4.98 Å². The summed E-state index contributed by atoms with van der Waals surface area (Å²) < 4.78 is 17.8. The number of amides is 1. The van der Waals surface area contributed by atoms with Crippen molar-refractivity contribution >= 4 is 28.8 Å². The molecule has 1 amide bonds. The summed E-state index contributed by atoms with van der Waals surface area (Å²) in [5.74, 6) is 1.63. The SMILES string of the molecule is COc1cccc([C@H]2OC(c3ccc(OCCCO)cc3)=N[C@]23Cc2ccccc2N(Cc2csc(C)n2)C3=O)c1. The van der Waals surface area contributed by atoms with Crippen molar-refractivity contribution < 1.29 is 24.1 Å². The first-order chi connectivity index (χ1) is 20.0. The molecular formula is C32H31N3O5S. The van der Waals surface area contributed by atoms with Gasteiger partial charge in [-0.3, -0.25) is 4.79 Å². The summed E-state index contributed by atoms with van der Waals surface area (Å²) in [6.07, 6.45) is 0.277. The summed E-state index contributed by atoms with van der Waals surface area (Å²) in [6, 6.07) is 23.1. The van der Waals surface area contributed by atoms with E-state index >= 15 is 0 Å². The number of methoxy groups -OCH3 is 1. The van der Waals surface area contributed by atoms with Gasteiger partial charge in [-0.1, -0.05) is 30.3 Å². The van der Waals surface area contributed by atoms with Gasteiger partial charge in [0.05, 0.1) is 31.0 Å². The van der Waals surface area contributed by atoms with Crippen LogP contribution in [0.4, 0.5) is 5.69 Å². The van der Waals surface area contributed by atoms with Crippen LogP contribution in [0.25, 0.3) is 0 Å². The van der Waals surface area contributed by atoms with E-state index in [4.69, 9.17) is 24.3 Å². The smallest absolute Gasteiger partial charge is 0.260 e. The molecule has 2 atom stereocenters. The van der Waals surface area contributed by atoms with Crippen LogP contribution >= 0.6 is 11.3 Å². The lowest BCUT2D eigenvalue weighted by molar-refractivity contribution is -0.127. The fourth-order valence-corrected chi connectivity index (χ4v) is 6.03. The van der Waals surface area contributed by atoms with Gasteiger partial charge in [-0.05, 0) is 60.5 Å². The highest BCUT2D eigenvalue weighted by Gasteiger charge is 2.57. The van der Waals surface area contributed by atoms with Crippen LogP contribution in [0.15, 0.2) is 83.2 Å². The lowest BCUT2D eigenvalue weighted by Gasteiger charge is -2.40. The molecule has 0 saturated carbocycles. The normalized spacial score (nSPS) is 19.6. The number of aryl methyl sites for hydroxylation is 1. The molecule has 3 aromatic carbocycles. The number of hydrogen-bond donors (Lipinski definition) is 1. The van der Waals surface area contributed by atoms with Crippen LogP contribution in [0.5, 0.6) is 11.5 Å². The number of aliphatic imine (C=N–C) groups is 1. The molecule has 2 aliphatic heterocycles. The summed E-state index contributed by atoms with van der Waals surface area (Å²) in [6.45, 7) is 2.81. The number of rotatable bonds is 9. The number of anilines is 1. The topological polar surface area (TPSA) is 93.5 Å². The lowest BCUT2D eigenvalue weighted by Crippen LogP contribution is -2.55. The summed E-state index contributed by atoms with van der Waals surface area (Å²) in [7, 11) is 1.62. The van der Waals surface area contributed by atoms with Crippen LogP contribution in [-0.2, 0) is 22.5 Å². The number of benzene rings is 3. The van der Waals surface area contributed by atoms with E-state index in [0.717, 1.165) is 33.1 Å². The Morgan fingerprint density at radius 2 is 1.93 bits per heavy atom. The van der Waals surface area contributed by atoms with Gasteiger partial charge in [-0.15, -0.1) is 11.3 Å². The monoisotopic (exact) mass is 569 g/mol. The van der Waals surface area contributed by atoms with Gasteiger partial charge in [0.25, 0.3) is 5.91 Å². The van der Waals surface area contributed by atoms with E-state index in [9.17, 15) is 4.79 Å². The van der Waals surface area contributed by atoms with E-state index in [-0.39, 0.29) is 12.5 Å². The van der Waals surface area contributed by atoms with Crippen LogP contribution < -0.4 is 14.4 Å². The molecule has 3 heterocycles. The van der Waals surface area contributed by atoms with Crippen molar-refractivity contribution in [3.63, 3.8) is 0 Å². The van der Waals surface area contributed by atoms with Crippen molar-refractivity contribution in [3.8, 4) is 11.5 Å². The van der Waals surface area contributed by atoms with E-state index < -0.39 is 11.6 Å². The van der Waals surface area contributed by atoms with Crippen molar-refractivity contribution in [2.24, 2.45) is 4.99 Å². The minimum absolute atomic E-state index is 0.0761. The predicted octanol–water partition coefficient (Wildman–Crippen LogP) is 5.27. The Bertz CT molecular complexity index is 1580. The van der Waals surface area contributed by atoms with Crippen LogP contribution in [0.1, 0.15) is 39.9 Å². The highest BCUT2D eigenvalue weighted by molar-refractivity contribution is 7.09. The van der Waals surface area contributed by atoms with Crippen molar-refractivity contribution in [3.05, 3.63) is 106 Å². The molecule has 2 aliphatic rings. The highest BCUT2D eigenvalue weighted by atomic mass is 32.1. The third kappa shape index (κ3) is 5.18. The maximum atomic E-state index is 14.7. The second kappa shape index (κ2) is 11.3. The Balaban J connectivity index is 1.43. The largest absolute Gasteiger partial charge is 0.497 e. The van der Waals surface area contributed by atoms with Crippen molar-refractivity contribution in [1.29, 1.82) is 0 Å². The van der Waals surface area contributed by atoms with Gasteiger partial charge in [-0.2, -0.15) is 0 Å². The Morgan fingerprint density at radius 1 is 1.10 bits per heavy atom. The molecule has 1 aromatic heterocycles. The number of aromatic nitrogens is 1. The molecule has 6 rings (SSSR count). The number of para-hydroxylation sites is 1. The molecule has 0 saturated heterocycles. The quantitative estimate of drug-likeness (QED) is 0.276. The summed E-state index contributed by atoms with van der Waals surface area (Å²) >= 11 is 1.57. The zero-order chi connectivity index (χ0) is 28.4. The standard InChI is InChI=1S/C32H31N3O5S/c1-21-33-25(20-41-21)19-35-28-10-4-3-7-24(28)18-32(31(35)37)29(23-8-5-9-27(17-23)38-2)40-30(34-32)22-11-13-26(14-12-22)39-16-6-15-36/h3-5,7-14,17,20,29,36H,6,15-16,18-19H2,1-2H3/t29-,32-/m1/s1. The Morgan fingerprint density at radius 3 is 2.68 bits per heavy atom. The molecule has 0 bridgehead atoms. The van der Waals surface area contributed by atoms with Gasteiger partial charge >= 0.3 is 0 Å². The molecule has 4 aromatic rings. The molecular weight excluding hydrogens is 538 g/mol. The third-order valence-corrected chi connectivity index (χ3v) is 8.20. The number of carbonyl (C=O) groups is 1. The zero-order valence-corrected chi connectivity index (χ0v) is 23.8. The van der Waals surface area contributed by atoms with Crippen molar-refractivity contribution in [2.75, 3.05) is 25.2 Å². The summed E-state index contributed by atoms with van der Waals surface area (Å²) in [4.78, 5) is 26.2. The van der Waals surface area contributed by atoms with E-state index in [1.54, 1.807) is 23.3 Å². The Hall–Kier alpha value is -4.21. The minimum Gasteiger partial charge on any atom is -0.497 e. The number of aliphatic hydroxyl groups excluding tert-OH is 1. The Kier molecular flexibility index (Phi) is 7.47. The second-order valence-electron chi connectivity index (χ2n) is 10.1. The highest BCUT2D eigenvalue weighted by Crippen LogP contribution is 2.48. The molecule has 41 heavy (non-hydrogen) atoms. The molecule has 0 radical (unpaired) electrons.